The predicted octanol–water partition coefficient (Wildman–Crippen LogP) is 4.73. The van der Waals surface area contributed by atoms with E-state index in [-0.39, 0.29) is 23.9 Å². The molecule has 0 aliphatic rings. The van der Waals surface area contributed by atoms with Gasteiger partial charge in [0.1, 0.15) is 5.75 Å². The topological polar surface area (TPSA) is 75.7 Å². The van der Waals surface area contributed by atoms with Gasteiger partial charge in [-0.3, -0.25) is 4.79 Å². The fourth-order valence-electron chi connectivity index (χ4n) is 2.76. The van der Waals surface area contributed by atoms with E-state index in [1.54, 1.807) is 30.3 Å². The van der Waals surface area contributed by atoms with Crippen molar-refractivity contribution >= 4 is 21.6 Å². The smallest absolute Gasteiger partial charge is 0.255 e. The summed E-state index contributed by atoms with van der Waals surface area (Å²) in [6.45, 7) is 12.4. The van der Waals surface area contributed by atoms with Gasteiger partial charge >= 0.3 is 0 Å². The number of nitrogens with zero attached hydrogens (tertiary/aromatic N) is 1. The molecule has 0 saturated heterocycles. The summed E-state index contributed by atoms with van der Waals surface area (Å²) in [6.07, 6.45) is 3.98. The fourth-order valence-corrected chi connectivity index (χ4v) is 4.14. The monoisotopic (exact) mass is 442 g/mol. The van der Waals surface area contributed by atoms with Crippen LogP contribution in [0, 0.1) is 5.92 Å². The Labute approximate surface area is 185 Å². The zero-order valence-corrected chi connectivity index (χ0v) is 18.9. The number of hydrogen-bond donors (Lipinski definition) is 1. The lowest BCUT2D eigenvalue weighted by Gasteiger charge is -2.19. The van der Waals surface area contributed by atoms with E-state index >= 15 is 0 Å². The van der Waals surface area contributed by atoms with Gasteiger partial charge in [-0.2, -0.15) is 4.31 Å². The van der Waals surface area contributed by atoms with Crippen molar-refractivity contribution in [1.29, 1.82) is 0 Å². The lowest BCUT2D eigenvalue weighted by molar-refractivity contribution is 0.102. The molecule has 0 radical (unpaired) electrons. The van der Waals surface area contributed by atoms with Crippen LogP contribution in [0.3, 0.4) is 0 Å². The molecule has 2 aromatic rings. The third kappa shape index (κ3) is 7.08. The van der Waals surface area contributed by atoms with Crippen molar-refractivity contribution in [3.05, 3.63) is 79.4 Å². The quantitative estimate of drug-likeness (QED) is 0.482. The van der Waals surface area contributed by atoms with E-state index < -0.39 is 10.0 Å². The van der Waals surface area contributed by atoms with Crippen LogP contribution in [0.15, 0.2) is 78.7 Å². The molecule has 0 heterocycles. The van der Waals surface area contributed by atoms with Gasteiger partial charge in [-0.05, 0) is 54.8 Å². The molecular formula is C24H30N2O4S. The zero-order valence-electron chi connectivity index (χ0n) is 18.1. The molecule has 7 heteroatoms. The van der Waals surface area contributed by atoms with Crippen LogP contribution in [0.5, 0.6) is 5.75 Å². The number of benzene rings is 2. The number of anilines is 1. The number of ether oxygens (including phenoxy) is 1. The standard InChI is InChI=1S/C24H30N2O4S/c1-5-15-26(16-6-2)31(28,29)23-12-10-21(11-13-23)25-24(27)20-8-7-9-22(18-20)30-17-14-19(3)4/h5-13,18-19H,1-2,14-17H2,3-4H3,(H,25,27). The molecule has 2 rings (SSSR count). The highest BCUT2D eigenvalue weighted by molar-refractivity contribution is 7.89. The summed E-state index contributed by atoms with van der Waals surface area (Å²) in [5.74, 6) is 0.878. The first-order chi connectivity index (χ1) is 14.8. The van der Waals surface area contributed by atoms with Gasteiger partial charge in [-0.15, -0.1) is 13.2 Å². The normalized spacial score (nSPS) is 11.4. The molecule has 0 aliphatic carbocycles. The van der Waals surface area contributed by atoms with E-state index in [0.29, 0.717) is 29.5 Å². The number of sulfonamides is 1. The second-order valence-electron chi connectivity index (χ2n) is 7.44. The minimum atomic E-state index is -3.68. The van der Waals surface area contributed by atoms with Gasteiger partial charge in [0.2, 0.25) is 10.0 Å². The first kappa shape index (κ1) is 24.4. The van der Waals surface area contributed by atoms with Crippen molar-refractivity contribution < 1.29 is 17.9 Å². The third-order valence-corrected chi connectivity index (χ3v) is 6.32. The van der Waals surface area contributed by atoms with Crippen molar-refractivity contribution in [3.63, 3.8) is 0 Å². The van der Waals surface area contributed by atoms with E-state index in [9.17, 15) is 13.2 Å². The molecular weight excluding hydrogens is 412 g/mol. The number of hydrogen-bond acceptors (Lipinski definition) is 4. The molecule has 0 atom stereocenters. The summed E-state index contributed by atoms with van der Waals surface area (Å²) in [7, 11) is -3.68. The van der Waals surface area contributed by atoms with Gasteiger partial charge in [0.15, 0.2) is 0 Å². The number of nitrogens with one attached hydrogen (secondary N) is 1. The summed E-state index contributed by atoms with van der Waals surface area (Å²) in [6, 6.07) is 13.0. The lowest BCUT2D eigenvalue weighted by Crippen LogP contribution is -2.31. The average molecular weight is 443 g/mol. The molecule has 0 aliphatic heterocycles. The predicted molar refractivity (Wildman–Crippen MR) is 125 cm³/mol. The second-order valence-corrected chi connectivity index (χ2v) is 9.37. The Balaban J connectivity index is 2.08. The molecule has 166 valence electrons. The van der Waals surface area contributed by atoms with Crippen LogP contribution in [0.25, 0.3) is 0 Å². The molecule has 1 N–H and O–H groups in total. The SMILES string of the molecule is C=CCN(CC=C)S(=O)(=O)c1ccc(NC(=O)c2cccc(OCCC(C)C)c2)cc1. The highest BCUT2D eigenvalue weighted by Crippen LogP contribution is 2.20. The van der Waals surface area contributed by atoms with Gasteiger partial charge in [0.05, 0.1) is 11.5 Å². The van der Waals surface area contributed by atoms with E-state index in [0.717, 1.165) is 6.42 Å². The Morgan fingerprint density at radius 1 is 1.10 bits per heavy atom. The third-order valence-electron chi connectivity index (χ3n) is 4.48. The highest BCUT2D eigenvalue weighted by atomic mass is 32.2. The largest absolute Gasteiger partial charge is 0.494 e. The molecule has 0 saturated carbocycles. The van der Waals surface area contributed by atoms with Crippen molar-refractivity contribution in [2.75, 3.05) is 25.0 Å². The van der Waals surface area contributed by atoms with E-state index in [1.165, 1.54) is 28.6 Å². The Kier molecular flexibility index (Phi) is 9.03. The summed E-state index contributed by atoms with van der Waals surface area (Å²) in [5, 5.41) is 2.78. The minimum absolute atomic E-state index is 0.134. The maximum absolute atomic E-state index is 12.8. The van der Waals surface area contributed by atoms with Gasteiger partial charge < -0.3 is 10.1 Å². The molecule has 2 aromatic carbocycles. The Morgan fingerprint density at radius 3 is 2.32 bits per heavy atom. The molecule has 1 amide bonds. The van der Waals surface area contributed by atoms with Crippen LogP contribution >= 0.6 is 0 Å². The van der Waals surface area contributed by atoms with Gasteiger partial charge in [0.25, 0.3) is 5.91 Å². The zero-order chi connectivity index (χ0) is 22.9. The van der Waals surface area contributed by atoms with E-state index in [1.807, 2.05) is 6.07 Å². The van der Waals surface area contributed by atoms with Crippen molar-refractivity contribution in [2.24, 2.45) is 5.92 Å². The number of carbonyl (C=O) groups excluding carboxylic acids is 1. The summed E-state index contributed by atoms with van der Waals surface area (Å²) in [4.78, 5) is 12.7. The van der Waals surface area contributed by atoms with Crippen LogP contribution in [-0.4, -0.2) is 38.3 Å². The van der Waals surface area contributed by atoms with Crippen LogP contribution in [-0.2, 0) is 10.0 Å². The Morgan fingerprint density at radius 2 is 1.74 bits per heavy atom. The number of amides is 1. The summed E-state index contributed by atoms with van der Waals surface area (Å²) >= 11 is 0. The number of rotatable bonds is 12. The van der Waals surface area contributed by atoms with Crippen molar-refractivity contribution in [1.82, 2.24) is 4.31 Å². The van der Waals surface area contributed by atoms with Crippen molar-refractivity contribution in [2.45, 2.75) is 25.2 Å². The Hall–Kier alpha value is -2.90. The molecule has 6 nitrogen and oxygen atoms in total. The van der Waals surface area contributed by atoms with Gasteiger partial charge in [-0.25, -0.2) is 8.42 Å². The van der Waals surface area contributed by atoms with E-state index in [2.05, 4.69) is 32.3 Å². The fraction of sp³-hybridized carbons (Fsp3) is 0.292. The molecule has 31 heavy (non-hydrogen) atoms. The summed E-state index contributed by atoms with van der Waals surface area (Å²) < 4.78 is 32.5. The van der Waals surface area contributed by atoms with Crippen LogP contribution in [0.1, 0.15) is 30.6 Å². The van der Waals surface area contributed by atoms with Crippen LogP contribution in [0.4, 0.5) is 5.69 Å². The lowest BCUT2D eigenvalue weighted by atomic mass is 10.1. The average Bonchev–Trinajstić information content (AvgIpc) is 2.74. The van der Waals surface area contributed by atoms with Crippen LogP contribution in [0.2, 0.25) is 0 Å². The van der Waals surface area contributed by atoms with E-state index in [4.69, 9.17) is 4.74 Å². The molecule has 0 fully saturated rings. The summed E-state index contributed by atoms with van der Waals surface area (Å²) in [5.41, 5.74) is 0.955. The molecule has 0 bridgehead atoms. The minimum Gasteiger partial charge on any atom is -0.494 e. The van der Waals surface area contributed by atoms with Gasteiger partial charge in [-0.1, -0.05) is 32.1 Å². The Bertz CT molecular complexity index is 988. The maximum Gasteiger partial charge on any atom is 0.255 e. The first-order valence-electron chi connectivity index (χ1n) is 10.1. The van der Waals surface area contributed by atoms with Crippen molar-refractivity contribution in [3.8, 4) is 5.75 Å². The molecule has 0 unspecified atom stereocenters. The highest BCUT2D eigenvalue weighted by Gasteiger charge is 2.22. The number of carbonyl (C=O) groups is 1. The van der Waals surface area contributed by atoms with Gasteiger partial charge in [0, 0.05) is 24.3 Å². The van der Waals surface area contributed by atoms with Crippen LogP contribution < -0.4 is 10.1 Å². The maximum atomic E-state index is 12.8. The second kappa shape index (κ2) is 11.5. The first-order valence-corrected chi connectivity index (χ1v) is 11.6. The molecule has 0 spiro atoms. The molecule has 0 aromatic heterocycles.